The van der Waals surface area contributed by atoms with Crippen molar-refractivity contribution in [3.05, 3.63) is 30.3 Å². The highest BCUT2D eigenvalue weighted by Crippen LogP contribution is 2.55. The van der Waals surface area contributed by atoms with Gasteiger partial charge in [-0.25, -0.2) is 0 Å². The van der Waals surface area contributed by atoms with Crippen LogP contribution in [-0.2, 0) is 9.05 Å². The number of hydrogen-bond acceptors (Lipinski definition) is 3. The SMILES string of the molecule is CCCCCCCCCCCCCO[P+](O)(OCCCCCCCCCCCCC)c1ccccc1. The van der Waals surface area contributed by atoms with Crippen LogP contribution in [0.5, 0.6) is 0 Å². The molecule has 1 aromatic rings. The molecule has 0 amide bonds. The lowest BCUT2D eigenvalue weighted by molar-refractivity contribution is 0.179. The van der Waals surface area contributed by atoms with Crippen LogP contribution in [-0.4, -0.2) is 18.1 Å². The topological polar surface area (TPSA) is 38.7 Å². The maximum atomic E-state index is 11.3. The molecule has 0 aliphatic rings. The van der Waals surface area contributed by atoms with Gasteiger partial charge < -0.3 is 0 Å². The molecule has 0 aromatic heterocycles. The Kier molecular flexibility index (Phi) is 23.2. The van der Waals surface area contributed by atoms with Crippen LogP contribution in [0.15, 0.2) is 30.3 Å². The lowest BCUT2D eigenvalue weighted by Crippen LogP contribution is -2.17. The van der Waals surface area contributed by atoms with Gasteiger partial charge in [0.2, 0.25) is 0 Å². The van der Waals surface area contributed by atoms with Gasteiger partial charge in [-0.1, -0.05) is 160 Å². The molecule has 3 nitrogen and oxygen atoms in total. The fourth-order valence-corrected chi connectivity index (χ4v) is 6.39. The van der Waals surface area contributed by atoms with Crippen molar-refractivity contribution in [2.75, 3.05) is 13.2 Å². The molecular weight excluding hydrogens is 463 g/mol. The van der Waals surface area contributed by atoms with Crippen LogP contribution in [0.1, 0.15) is 155 Å². The molecule has 0 unspecified atom stereocenters. The lowest BCUT2D eigenvalue weighted by atomic mass is 10.1. The first-order valence-electron chi connectivity index (χ1n) is 15.7. The van der Waals surface area contributed by atoms with E-state index in [1.54, 1.807) is 0 Å². The molecule has 0 saturated heterocycles. The Morgan fingerprint density at radius 1 is 0.472 bits per heavy atom. The fraction of sp³-hybridized carbons (Fsp3) is 0.812. The summed E-state index contributed by atoms with van der Waals surface area (Å²) in [5.74, 6) is 0. The minimum atomic E-state index is -2.98. The summed E-state index contributed by atoms with van der Waals surface area (Å²) in [6, 6.07) is 9.76. The van der Waals surface area contributed by atoms with Crippen LogP contribution in [0.4, 0.5) is 0 Å². The van der Waals surface area contributed by atoms with Crippen LogP contribution in [0.3, 0.4) is 0 Å². The van der Waals surface area contributed by atoms with Crippen molar-refractivity contribution in [1.82, 2.24) is 0 Å². The highest BCUT2D eigenvalue weighted by Gasteiger charge is 2.43. The lowest BCUT2D eigenvalue weighted by Gasteiger charge is -2.17. The molecular formula is C32H60O3P+. The van der Waals surface area contributed by atoms with E-state index >= 15 is 0 Å². The molecule has 1 aromatic carbocycles. The molecule has 36 heavy (non-hydrogen) atoms. The van der Waals surface area contributed by atoms with Crippen molar-refractivity contribution < 1.29 is 13.9 Å². The Hall–Kier alpha value is -0.470. The van der Waals surface area contributed by atoms with Gasteiger partial charge in [0.1, 0.15) is 0 Å². The summed E-state index contributed by atoms with van der Waals surface area (Å²) in [6.45, 7) is 5.71. The van der Waals surface area contributed by atoms with Crippen LogP contribution >= 0.6 is 7.94 Å². The van der Waals surface area contributed by atoms with Crippen molar-refractivity contribution in [2.24, 2.45) is 0 Å². The predicted octanol–water partition coefficient (Wildman–Crippen LogP) is 10.7. The Morgan fingerprint density at radius 2 is 0.778 bits per heavy atom. The third kappa shape index (κ3) is 18.7. The zero-order valence-corrected chi connectivity index (χ0v) is 25.0. The van der Waals surface area contributed by atoms with Gasteiger partial charge in [0.05, 0.1) is 13.2 Å². The van der Waals surface area contributed by atoms with Crippen molar-refractivity contribution in [3.63, 3.8) is 0 Å². The molecule has 0 spiro atoms. The van der Waals surface area contributed by atoms with Gasteiger partial charge in [-0.3, -0.25) is 0 Å². The van der Waals surface area contributed by atoms with Crippen molar-refractivity contribution in [2.45, 2.75) is 155 Å². The largest absolute Gasteiger partial charge is 0.446 e. The molecule has 0 aliphatic carbocycles. The van der Waals surface area contributed by atoms with E-state index in [-0.39, 0.29) is 0 Å². The molecule has 1 rings (SSSR count). The van der Waals surface area contributed by atoms with E-state index in [9.17, 15) is 4.89 Å². The van der Waals surface area contributed by atoms with Crippen molar-refractivity contribution in [1.29, 1.82) is 0 Å². The van der Waals surface area contributed by atoms with Crippen LogP contribution in [0.2, 0.25) is 0 Å². The van der Waals surface area contributed by atoms with Gasteiger partial charge >= 0.3 is 7.94 Å². The zero-order valence-electron chi connectivity index (χ0n) is 24.1. The van der Waals surface area contributed by atoms with Gasteiger partial charge in [-0.15, -0.1) is 0 Å². The van der Waals surface area contributed by atoms with E-state index in [4.69, 9.17) is 9.05 Å². The van der Waals surface area contributed by atoms with Crippen LogP contribution in [0, 0.1) is 0 Å². The van der Waals surface area contributed by atoms with Gasteiger partial charge in [0.25, 0.3) is 0 Å². The van der Waals surface area contributed by atoms with Crippen molar-refractivity contribution in [3.8, 4) is 0 Å². The molecule has 0 bridgehead atoms. The minimum Gasteiger partial charge on any atom is -0.188 e. The normalized spacial score (nSPS) is 11.9. The second kappa shape index (κ2) is 24.8. The highest BCUT2D eigenvalue weighted by molar-refractivity contribution is 7.68. The summed E-state index contributed by atoms with van der Waals surface area (Å²) in [4.78, 5) is 11.3. The van der Waals surface area contributed by atoms with Gasteiger partial charge in [-0.2, -0.15) is 13.9 Å². The molecule has 0 aliphatic heterocycles. The summed E-state index contributed by atoms with van der Waals surface area (Å²) >= 11 is 0. The Morgan fingerprint density at radius 3 is 1.11 bits per heavy atom. The quantitative estimate of drug-likeness (QED) is 0.0920. The number of unbranched alkanes of at least 4 members (excludes halogenated alkanes) is 20. The average Bonchev–Trinajstić information content (AvgIpc) is 2.90. The standard InChI is InChI=1S/C32H60O3P/c1-3-5-7-9-11-13-15-17-19-21-26-30-34-36(33,32-28-24-23-25-29-32)35-31-27-22-20-18-16-14-12-10-8-6-4-2/h23-25,28-29,33H,3-22,26-27,30-31H2,1-2H3/q+1. The maximum absolute atomic E-state index is 11.3. The van der Waals surface area contributed by atoms with Crippen LogP contribution < -0.4 is 5.30 Å². The molecule has 4 heteroatoms. The Balaban J connectivity index is 2.13. The number of rotatable bonds is 27. The summed E-state index contributed by atoms with van der Waals surface area (Å²) in [5.41, 5.74) is 0. The molecule has 0 atom stereocenters. The van der Waals surface area contributed by atoms with Crippen LogP contribution in [0.25, 0.3) is 0 Å². The van der Waals surface area contributed by atoms with E-state index < -0.39 is 7.94 Å². The van der Waals surface area contributed by atoms with Crippen molar-refractivity contribution >= 4 is 13.2 Å². The zero-order chi connectivity index (χ0) is 26.0. The first-order chi connectivity index (χ1) is 17.7. The molecule has 0 fully saturated rings. The second-order valence-electron chi connectivity index (χ2n) is 10.6. The van der Waals surface area contributed by atoms with Gasteiger partial charge in [0.15, 0.2) is 5.30 Å². The summed E-state index contributed by atoms with van der Waals surface area (Å²) in [7, 11) is -2.98. The first kappa shape index (κ1) is 33.6. The molecule has 1 N–H and O–H groups in total. The fourth-order valence-electron chi connectivity index (χ4n) is 4.71. The molecule has 0 radical (unpaired) electrons. The Bertz CT molecular complexity index is 538. The average molecular weight is 524 g/mol. The number of benzene rings is 1. The van der Waals surface area contributed by atoms with E-state index in [1.807, 2.05) is 30.3 Å². The van der Waals surface area contributed by atoms with Gasteiger partial charge in [-0.05, 0) is 25.0 Å². The molecule has 0 saturated carbocycles. The molecule has 210 valence electrons. The number of hydrogen-bond donors (Lipinski definition) is 1. The van der Waals surface area contributed by atoms with E-state index in [0.717, 1.165) is 18.1 Å². The van der Waals surface area contributed by atoms with E-state index in [0.29, 0.717) is 13.2 Å². The summed E-state index contributed by atoms with van der Waals surface area (Å²) < 4.78 is 12.1. The maximum Gasteiger partial charge on any atom is 0.446 e. The predicted molar refractivity (Wildman–Crippen MR) is 160 cm³/mol. The Labute approximate surface area is 225 Å². The smallest absolute Gasteiger partial charge is 0.188 e. The van der Waals surface area contributed by atoms with E-state index in [2.05, 4.69) is 13.8 Å². The third-order valence-corrected chi connectivity index (χ3v) is 9.13. The summed E-state index contributed by atoms with van der Waals surface area (Å²) in [6.07, 6.45) is 28.8. The monoisotopic (exact) mass is 523 g/mol. The summed E-state index contributed by atoms with van der Waals surface area (Å²) in [5, 5.41) is 0.802. The third-order valence-electron chi connectivity index (χ3n) is 7.11. The second-order valence-corrected chi connectivity index (χ2v) is 12.7. The minimum absolute atomic E-state index is 0.578. The first-order valence-corrected chi connectivity index (χ1v) is 17.3. The van der Waals surface area contributed by atoms with Gasteiger partial charge in [0, 0.05) is 0 Å². The molecule has 0 heterocycles. The van der Waals surface area contributed by atoms with E-state index in [1.165, 1.54) is 128 Å². The highest BCUT2D eigenvalue weighted by atomic mass is 31.2.